The van der Waals surface area contributed by atoms with E-state index in [1.54, 1.807) is 11.8 Å². The van der Waals surface area contributed by atoms with Gasteiger partial charge in [0.2, 0.25) is 0 Å². The Kier molecular flexibility index (Phi) is 8.52. The van der Waals surface area contributed by atoms with Crippen molar-refractivity contribution >= 4 is 33.9 Å². The fourth-order valence-electron chi connectivity index (χ4n) is 4.81. The summed E-state index contributed by atoms with van der Waals surface area (Å²) in [7, 11) is 0. The minimum atomic E-state index is -0.746. The van der Waals surface area contributed by atoms with Crippen molar-refractivity contribution in [3.05, 3.63) is 59.8 Å². The molecule has 2 bridgehead atoms. The number of benzene rings is 1. The van der Waals surface area contributed by atoms with Gasteiger partial charge in [-0.3, -0.25) is 4.79 Å². The molecule has 0 saturated carbocycles. The van der Waals surface area contributed by atoms with Crippen LogP contribution < -0.4 is 0 Å². The summed E-state index contributed by atoms with van der Waals surface area (Å²) in [4.78, 5) is 17.7. The lowest BCUT2D eigenvalue weighted by molar-refractivity contribution is -0.295. The van der Waals surface area contributed by atoms with Gasteiger partial charge in [-0.05, 0) is 45.8 Å². The van der Waals surface area contributed by atoms with E-state index in [0.717, 1.165) is 27.8 Å². The van der Waals surface area contributed by atoms with E-state index < -0.39 is 11.4 Å². The Bertz CT molecular complexity index is 986. The number of carbonyl (C=O) groups is 1. The van der Waals surface area contributed by atoms with Crippen molar-refractivity contribution in [3.8, 4) is 0 Å². The molecule has 1 aliphatic carbocycles. The van der Waals surface area contributed by atoms with Crippen LogP contribution in [-0.4, -0.2) is 44.9 Å². The lowest BCUT2D eigenvalue weighted by atomic mass is 9.98. The van der Waals surface area contributed by atoms with Gasteiger partial charge < -0.3 is 14.2 Å². The lowest BCUT2D eigenvalue weighted by Crippen LogP contribution is -2.46. The minimum absolute atomic E-state index is 0.0179. The first kappa shape index (κ1) is 26.5. The molecule has 7 heteroatoms. The third-order valence-corrected chi connectivity index (χ3v) is 9.06. The van der Waals surface area contributed by atoms with Crippen molar-refractivity contribution in [1.29, 1.82) is 0 Å². The van der Waals surface area contributed by atoms with Crippen LogP contribution >= 0.6 is 23.5 Å². The molecule has 3 aliphatic rings. The van der Waals surface area contributed by atoms with Crippen molar-refractivity contribution in [2.75, 3.05) is 5.75 Å². The molecule has 2 heterocycles. The van der Waals surface area contributed by atoms with Crippen LogP contribution in [0.4, 0.5) is 0 Å². The van der Waals surface area contributed by atoms with Crippen LogP contribution in [0.3, 0.4) is 0 Å². The highest BCUT2D eigenvalue weighted by molar-refractivity contribution is 8.39. The molecule has 5 nitrogen and oxygen atoms in total. The number of hydrogen-bond acceptors (Lipinski definition) is 7. The van der Waals surface area contributed by atoms with E-state index in [0.29, 0.717) is 24.0 Å². The molecule has 190 valence electrons. The highest BCUT2D eigenvalue weighted by Gasteiger charge is 2.38. The van der Waals surface area contributed by atoms with Crippen LogP contribution in [-0.2, 0) is 25.4 Å². The SMILES string of the molecule is CC1C2=CC=CCC1SC(SC[C@@H]1C[C@H](CC(=O)OC(C)(C)Cc3ccccc3)OC(C)(C)O1)=N2. The van der Waals surface area contributed by atoms with Gasteiger partial charge in [0.1, 0.15) is 9.98 Å². The van der Waals surface area contributed by atoms with E-state index in [1.165, 1.54) is 0 Å². The van der Waals surface area contributed by atoms with E-state index in [1.807, 2.05) is 57.7 Å². The van der Waals surface area contributed by atoms with Crippen LogP contribution in [0.5, 0.6) is 0 Å². The molecule has 4 rings (SSSR count). The Labute approximate surface area is 218 Å². The number of carbonyl (C=O) groups excluding carboxylic acids is 1. The Morgan fingerprint density at radius 1 is 1.23 bits per heavy atom. The highest BCUT2D eigenvalue weighted by Crippen LogP contribution is 2.41. The zero-order chi connectivity index (χ0) is 25.1. The van der Waals surface area contributed by atoms with Gasteiger partial charge in [-0.1, -0.05) is 72.9 Å². The maximum Gasteiger partial charge on any atom is 0.308 e. The first-order valence-corrected chi connectivity index (χ1v) is 14.3. The van der Waals surface area contributed by atoms with Crippen molar-refractivity contribution in [1.82, 2.24) is 0 Å². The Morgan fingerprint density at radius 2 is 1.97 bits per heavy atom. The summed E-state index contributed by atoms with van der Waals surface area (Å²) in [5.41, 5.74) is 1.73. The fourth-order valence-corrected chi connectivity index (χ4v) is 7.33. The van der Waals surface area contributed by atoms with E-state index >= 15 is 0 Å². The molecule has 1 fully saturated rings. The van der Waals surface area contributed by atoms with Crippen molar-refractivity contribution in [2.24, 2.45) is 10.9 Å². The number of fused-ring (bicyclic) bond motifs is 2. The number of esters is 1. The van der Waals surface area contributed by atoms with Gasteiger partial charge in [-0.25, -0.2) is 4.99 Å². The summed E-state index contributed by atoms with van der Waals surface area (Å²) >= 11 is 3.63. The zero-order valence-electron chi connectivity index (χ0n) is 21.4. The first-order chi connectivity index (χ1) is 16.6. The monoisotopic (exact) mass is 515 g/mol. The van der Waals surface area contributed by atoms with Gasteiger partial charge in [-0.2, -0.15) is 0 Å². The van der Waals surface area contributed by atoms with Gasteiger partial charge in [-0.15, -0.1) is 0 Å². The highest BCUT2D eigenvalue weighted by atomic mass is 32.2. The predicted molar refractivity (Wildman–Crippen MR) is 146 cm³/mol. The van der Waals surface area contributed by atoms with E-state index in [2.05, 4.69) is 37.3 Å². The summed E-state index contributed by atoms with van der Waals surface area (Å²) in [6.07, 6.45) is 8.86. The summed E-state index contributed by atoms with van der Waals surface area (Å²) in [5, 5.41) is 0.536. The Morgan fingerprint density at radius 3 is 2.74 bits per heavy atom. The van der Waals surface area contributed by atoms with Gasteiger partial charge in [0.05, 0.1) is 18.6 Å². The fraction of sp³-hybridized carbons (Fsp3) is 0.571. The number of allylic oxidation sites excluding steroid dienone is 4. The maximum atomic E-state index is 12.8. The van der Waals surface area contributed by atoms with Crippen molar-refractivity contribution in [2.45, 2.75) is 89.1 Å². The third-order valence-electron chi connectivity index (χ3n) is 6.34. The number of hydrogen-bond donors (Lipinski definition) is 0. The van der Waals surface area contributed by atoms with Crippen LogP contribution in [0.25, 0.3) is 0 Å². The number of nitrogens with zero attached hydrogens (tertiary/aromatic N) is 1. The average Bonchev–Trinajstić information content (AvgIpc) is 2.85. The molecule has 0 aromatic heterocycles. The molecule has 2 unspecified atom stereocenters. The maximum absolute atomic E-state index is 12.8. The van der Waals surface area contributed by atoms with E-state index in [-0.39, 0.29) is 24.6 Å². The molecule has 1 aromatic rings. The van der Waals surface area contributed by atoms with Gasteiger partial charge in [0.15, 0.2) is 5.79 Å². The van der Waals surface area contributed by atoms with Gasteiger partial charge >= 0.3 is 5.97 Å². The second-order valence-electron chi connectivity index (χ2n) is 10.6. The van der Waals surface area contributed by atoms with Gasteiger partial charge in [0, 0.05) is 35.5 Å². The van der Waals surface area contributed by atoms with E-state index in [9.17, 15) is 4.79 Å². The zero-order valence-corrected chi connectivity index (χ0v) is 23.0. The molecule has 1 saturated heterocycles. The minimum Gasteiger partial charge on any atom is -0.459 e. The normalized spacial score (nSPS) is 28.0. The second-order valence-corrected chi connectivity index (χ2v) is 13.1. The van der Waals surface area contributed by atoms with E-state index in [4.69, 9.17) is 19.2 Å². The summed E-state index contributed by atoms with van der Waals surface area (Å²) in [6.45, 7) is 10.0. The van der Waals surface area contributed by atoms with Gasteiger partial charge in [0.25, 0.3) is 0 Å². The van der Waals surface area contributed by atoms with Crippen molar-refractivity contribution < 1.29 is 19.0 Å². The number of thioether (sulfide) groups is 2. The molecule has 1 aromatic carbocycles. The Hall–Kier alpha value is -1.54. The number of ether oxygens (including phenoxy) is 3. The number of rotatable bonds is 7. The molecule has 2 aliphatic heterocycles. The number of aliphatic imine (C=N–C) groups is 1. The first-order valence-electron chi connectivity index (χ1n) is 12.4. The standard InChI is InChI=1S/C28H37NO4S2/c1-19-23-13-9-10-14-24(19)35-26(29-23)34-18-22-15-21(31-28(4,5)32-22)16-25(30)33-27(2,3)17-20-11-7-6-8-12-20/h6-13,19,21-22,24H,14-18H2,1-5H3/t19?,21-,22+,24?/m1/s1. The molecule has 4 atom stereocenters. The predicted octanol–water partition coefficient (Wildman–Crippen LogP) is 6.54. The van der Waals surface area contributed by atoms with Crippen LogP contribution in [0, 0.1) is 5.92 Å². The molecule has 0 spiro atoms. The topological polar surface area (TPSA) is 57.1 Å². The lowest BCUT2D eigenvalue weighted by Gasteiger charge is -2.41. The quantitative estimate of drug-likeness (QED) is 0.385. The molecule has 0 radical (unpaired) electrons. The molecule has 0 amide bonds. The second kappa shape index (κ2) is 11.2. The molecule has 0 N–H and O–H groups in total. The summed E-state index contributed by atoms with van der Waals surface area (Å²) < 4.78 is 19.3. The van der Waals surface area contributed by atoms with Crippen LogP contribution in [0.2, 0.25) is 0 Å². The molecule has 35 heavy (non-hydrogen) atoms. The van der Waals surface area contributed by atoms with Crippen molar-refractivity contribution in [3.63, 3.8) is 0 Å². The smallest absolute Gasteiger partial charge is 0.308 e. The molecular weight excluding hydrogens is 478 g/mol. The molecular formula is C28H37NO4S2. The average molecular weight is 516 g/mol. The summed E-state index contributed by atoms with van der Waals surface area (Å²) in [5.74, 6) is 0.277. The van der Waals surface area contributed by atoms with Crippen LogP contribution in [0.15, 0.2) is 59.2 Å². The largest absolute Gasteiger partial charge is 0.459 e. The third kappa shape index (κ3) is 7.72. The summed E-state index contributed by atoms with van der Waals surface area (Å²) in [6, 6.07) is 10.1. The Balaban J connectivity index is 1.31. The van der Waals surface area contributed by atoms with Crippen LogP contribution in [0.1, 0.15) is 59.4 Å².